The van der Waals surface area contributed by atoms with E-state index in [9.17, 15) is 4.79 Å². The van der Waals surface area contributed by atoms with Gasteiger partial charge in [0.2, 0.25) is 5.91 Å². The fourth-order valence-corrected chi connectivity index (χ4v) is 4.60. The molecule has 1 aliphatic rings. The topological polar surface area (TPSA) is 58.1 Å². The molecular weight excluding hydrogens is 328 g/mol. The van der Waals surface area contributed by atoms with Gasteiger partial charge in [-0.1, -0.05) is 0 Å². The fourth-order valence-electron chi connectivity index (χ4n) is 3.07. The largest absolute Gasteiger partial charge is 0.302 e. The van der Waals surface area contributed by atoms with E-state index in [1.807, 2.05) is 6.20 Å². The smallest absolute Gasteiger partial charge is 0.223 e. The summed E-state index contributed by atoms with van der Waals surface area (Å²) in [6.45, 7) is 6.75. The summed E-state index contributed by atoms with van der Waals surface area (Å²) in [7, 11) is 0. The monoisotopic (exact) mass is 350 g/mol. The number of nitrogens with zero attached hydrogens (tertiary/aromatic N) is 3. The van der Waals surface area contributed by atoms with Gasteiger partial charge in [0, 0.05) is 36.5 Å². The highest BCUT2D eigenvalue weighted by Gasteiger charge is 2.21. The summed E-state index contributed by atoms with van der Waals surface area (Å²) in [5.41, 5.74) is 1.24. The second kappa shape index (κ2) is 7.51. The van der Waals surface area contributed by atoms with Crippen molar-refractivity contribution in [3.63, 3.8) is 0 Å². The normalized spacial score (nSPS) is 19.0. The van der Waals surface area contributed by atoms with Gasteiger partial charge in [-0.15, -0.1) is 22.7 Å². The highest BCUT2D eigenvalue weighted by Crippen LogP contribution is 2.25. The van der Waals surface area contributed by atoms with E-state index in [0.717, 1.165) is 31.1 Å². The molecule has 0 unspecified atom stereocenters. The number of aryl methyl sites for hydroxylation is 1. The molecule has 7 heteroatoms. The molecule has 1 fully saturated rings. The van der Waals surface area contributed by atoms with E-state index in [0.29, 0.717) is 11.0 Å². The number of aromatic nitrogens is 2. The lowest BCUT2D eigenvalue weighted by molar-refractivity contribution is -0.114. The number of amides is 1. The van der Waals surface area contributed by atoms with Crippen molar-refractivity contribution < 1.29 is 4.79 Å². The van der Waals surface area contributed by atoms with E-state index >= 15 is 0 Å². The Bertz CT molecular complexity index is 667. The molecule has 2 aromatic rings. The summed E-state index contributed by atoms with van der Waals surface area (Å²) >= 11 is 3.31. The second-order valence-corrected chi connectivity index (χ2v) is 8.30. The van der Waals surface area contributed by atoms with Crippen molar-refractivity contribution >= 4 is 33.7 Å². The minimum absolute atomic E-state index is 0.0671. The average molecular weight is 351 g/mol. The molecule has 0 saturated carbocycles. The van der Waals surface area contributed by atoms with Gasteiger partial charge in [0.15, 0.2) is 5.13 Å². The average Bonchev–Trinajstić information content (AvgIpc) is 3.08. The summed E-state index contributed by atoms with van der Waals surface area (Å²) in [6.07, 6.45) is 5.49. The number of rotatable bonds is 5. The van der Waals surface area contributed by atoms with Gasteiger partial charge in [0.1, 0.15) is 0 Å². The van der Waals surface area contributed by atoms with E-state index in [1.165, 1.54) is 30.3 Å². The molecule has 3 rings (SSSR count). The zero-order valence-corrected chi connectivity index (χ0v) is 15.2. The lowest BCUT2D eigenvalue weighted by Gasteiger charge is -2.32. The van der Waals surface area contributed by atoms with Gasteiger partial charge in [0.25, 0.3) is 0 Å². The number of hydrogen-bond acceptors (Lipinski definition) is 6. The molecule has 1 saturated heterocycles. The lowest BCUT2D eigenvalue weighted by Crippen LogP contribution is -2.35. The third-order valence-corrected chi connectivity index (χ3v) is 5.70. The molecule has 0 aromatic carbocycles. The minimum Gasteiger partial charge on any atom is -0.302 e. The summed E-state index contributed by atoms with van der Waals surface area (Å²) in [4.78, 5) is 23.6. The van der Waals surface area contributed by atoms with Gasteiger partial charge >= 0.3 is 0 Å². The maximum Gasteiger partial charge on any atom is 0.223 e. The van der Waals surface area contributed by atoms with Crippen molar-refractivity contribution in [2.45, 2.75) is 39.7 Å². The third-order valence-electron chi connectivity index (χ3n) is 3.98. The Balaban J connectivity index is 1.54. The summed E-state index contributed by atoms with van der Waals surface area (Å²) < 4.78 is 0. The van der Waals surface area contributed by atoms with Gasteiger partial charge < -0.3 is 5.32 Å². The maximum atomic E-state index is 11.1. The van der Waals surface area contributed by atoms with Gasteiger partial charge in [-0.2, -0.15) is 0 Å². The Morgan fingerprint density at radius 2 is 2.39 bits per heavy atom. The van der Waals surface area contributed by atoms with Crippen LogP contribution < -0.4 is 5.32 Å². The number of thiazole rings is 2. The molecular formula is C16H22N4OS2. The predicted octanol–water partition coefficient (Wildman–Crippen LogP) is 3.32. The Morgan fingerprint density at radius 3 is 3.13 bits per heavy atom. The number of nitrogens with one attached hydrogen (secondary N) is 1. The Labute approximate surface area is 144 Å². The Morgan fingerprint density at radius 1 is 1.52 bits per heavy atom. The van der Waals surface area contributed by atoms with Crippen molar-refractivity contribution in [1.82, 2.24) is 14.9 Å². The van der Waals surface area contributed by atoms with Crippen molar-refractivity contribution in [2.24, 2.45) is 5.92 Å². The molecule has 124 valence electrons. The lowest BCUT2D eigenvalue weighted by atomic mass is 9.93. The Kier molecular flexibility index (Phi) is 5.40. The summed E-state index contributed by atoms with van der Waals surface area (Å²) in [5.74, 6) is 0.621. The maximum absolute atomic E-state index is 11.1. The minimum atomic E-state index is -0.0671. The highest BCUT2D eigenvalue weighted by atomic mass is 32.1. The molecule has 0 aliphatic carbocycles. The number of likely N-dealkylation sites (tertiary alicyclic amines) is 1. The van der Waals surface area contributed by atoms with Crippen LogP contribution in [0.3, 0.4) is 0 Å². The molecule has 5 nitrogen and oxygen atoms in total. The quantitative estimate of drug-likeness (QED) is 0.899. The molecule has 1 amide bonds. The summed E-state index contributed by atoms with van der Waals surface area (Å²) in [5, 5.41) is 6.79. The number of carbonyl (C=O) groups is 1. The predicted molar refractivity (Wildman–Crippen MR) is 95.0 cm³/mol. The fraction of sp³-hybridized carbons (Fsp3) is 0.562. The van der Waals surface area contributed by atoms with E-state index < -0.39 is 0 Å². The van der Waals surface area contributed by atoms with Crippen LogP contribution in [0.4, 0.5) is 5.13 Å². The zero-order valence-electron chi connectivity index (χ0n) is 13.5. The van der Waals surface area contributed by atoms with Gasteiger partial charge in [-0.25, -0.2) is 9.97 Å². The molecule has 0 bridgehead atoms. The van der Waals surface area contributed by atoms with Gasteiger partial charge in [-0.05, 0) is 38.6 Å². The molecule has 2 aromatic heterocycles. The van der Waals surface area contributed by atoms with Crippen molar-refractivity contribution in [1.29, 1.82) is 0 Å². The van der Waals surface area contributed by atoms with Crippen LogP contribution in [0, 0.1) is 12.8 Å². The van der Waals surface area contributed by atoms with Crippen LogP contribution in [-0.2, 0) is 17.8 Å². The number of anilines is 1. The standard InChI is InChI=1S/C16H22N4OS2/c1-11(21)18-16-17-7-15(23-16)9-20-5-3-4-13(8-20)6-14-10-22-12(2)19-14/h7,10,13H,3-6,8-9H2,1-2H3,(H,17,18,21)/t13-/m0/s1. The summed E-state index contributed by atoms with van der Waals surface area (Å²) in [6, 6.07) is 0. The van der Waals surface area contributed by atoms with Crippen molar-refractivity contribution in [2.75, 3.05) is 18.4 Å². The van der Waals surface area contributed by atoms with E-state index in [-0.39, 0.29) is 5.91 Å². The van der Waals surface area contributed by atoms with E-state index in [4.69, 9.17) is 0 Å². The van der Waals surface area contributed by atoms with Crippen LogP contribution >= 0.6 is 22.7 Å². The van der Waals surface area contributed by atoms with Crippen LogP contribution in [-0.4, -0.2) is 33.9 Å². The van der Waals surface area contributed by atoms with Gasteiger partial charge in [-0.3, -0.25) is 9.69 Å². The molecule has 0 radical (unpaired) electrons. The SMILES string of the molecule is CC(=O)Nc1ncc(CN2CCC[C@@H](Cc3csc(C)n3)C2)s1. The van der Waals surface area contributed by atoms with Crippen LogP contribution in [0.25, 0.3) is 0 Å². The first-order chi connectivity index (χ1) is 11.1. The number of piperidine rings is 1. The van der Waals surface area contributed by atoms with Crippen LogP contribution in [0.2, 0.25) is 0 Å². The zero-order chi connectivity index (χ0) is 16.2. The van der Waals surface area contributed by atoms with Crippen LogP contribution in [0.15, 0.2) is 11.6 Å². The molecule has 23 heavy (non-hydrogen) atoms. The molecule has 1 aliphatic heterocycles. The first kappa shape index (κ1) is 16.5. The molecule has 1 N–H and O–H groups in total. The highest BCUT2D eigenvalue weighted by molar-refractivity contribution is 7.15. The number of hydrogen-bond donors (Lipinski definition) is 1. The second-order valence-electron chi connectivity index (χ2n) is 6.12. The van der Waals surface area contributed by atoms with Crippen LogP contribution in [0.1, 0.15) is 35.3 Å². The molecule has 1 atom stereocenters. The Hall–Kier alpha value is -1.31. The molecule has 0 spiro atoms. The van der Waals surface area contributed by atoms with Crippen molar-refractivity contribution in [3.8, 4) is 0 Å². The van der Waals surface area contributed by atoms with Crippen LogP contribution in [0.5, 0.6) is 0 Å². The first-order valence-electron chi connectivity index (χ1n) is 7.94. The van der Waals surface area contributed by atoms with E-state index in [1.54, 1.807) is 22.7 Å². The third kappa shape index (κ3) is 4.83. The molecule has 3 heterocycles. The van der Waals surface area contributed by atoms with Crippen molar-refractivity contribution in [3.05, 3.63) is 27.2 Å². The van der Waals surface area contributed by atoms with Gasteiger partial charge in [0.05, 0.1) is 10.7 Å². The number of carbonyl (C=O) groups excluding carboxylic acids is 1. The first-order valence-corrected chi connectivity index (χ1v) is 9.64. The van der Waals surface area contributed by atoms with E-state index in [2.05, 4.69) is 32.5 Å².